The summed E-state index contributed by atoms with van der Waals surface area (Å²) in [6.07, 6.45) is 26.1. The predicted octanol–water partition coefficient (Wildman–Crippen LogP) is 15.7. The van der Waals surface area contributed by atoms with Crippen molar-refractivity contribution in [2.45, 2.75) is 331 Å². The minimum atomic E-state index is -0.728. The van der Waals surface area contributed by atoms with Crippen molar-refractivity contribution in [1.82, 2.24) is 0 Å². The molecule has 0 aromatic heterocycles. The van der Waals surface area contributed by atoms with Gasteiger partial charge in [-0.25, -0.2) is 24.0 Å². The Bertz CT molecular complexity index is 2950. The van der Waals surface area contributed by atoms with Gasteiger partial charge in [0.1, 0.15) is 22.4 Å². The molecule has 0 aromatic carbocycles. The molecule has 2 aliphatic heterocycles. The molecule has 6 unspecified atom stereocenters. The molecule has 566 valence electrons. The lowest BCUT2D eigenvalue weighted by atomic mass is 9.50. The second-order valence-corrected chi connectivity index (χ2v) is 36.0. The molecule has 16 bridgehead atoms. The van der Waals surface area contributed by atoms with Crippen molar-refractivity contribution >= 4 is 47.8 Å². The summed E-state index contributed by atoms with van der Waals surface area (Å²) < 4.78 is 42.8. The topological polar surface area (TPSA) is 251 Å². The van der Waals surface area contributed by atoms with E-state index >= 15 is 0 Å². The van der Waals surface area contributed by atoms with Crippen molar-refractivity contribution < 1.29 is 86.5 Å². The summed E-state index contributed by atoms with van der Waals surface area (Å²) in [5, 5.41) is 21.2. The quantitative estimate of drug-likeness (QED) is 0.0878. The van der Waals surface area contributed by atoms with Gasteiger partial charge in [0, 0.05) is 42.4 Å². The number of rotatable bonds is 15. The van der Waals surface area contributed by atoms with Crippen molar-refractivity contribution in [3.63, 3.8) is 0 Å². The van der Waals surface area contributed by atoms with Gasteiger partial charge in [-0.05, 0) is 295 Å². The maximum Gasteiger partial charge on any atom is 0.347 e. The van der Waals surface area contributed by atoms with Gasteiger partial charge in [0.25, 0.3) is 0 Å². The van der Waals surface area contributed by atoms with E-state index in [1.54, 1.807) is 27.7 Å². The van der Waals surface area contributed by atoms with Crippen LogP contribution in [0.25, 0.3) is 0 Å². The highest BCUT2D eigenvalue weighted by Gasteiger charge is 2.63. The van der Waals surface area contributed by atoms with Crippen LogP contribution in [0.5, 0.6) is 0 Å². The lowest BCUT2D eigenvalue weighted by Gasteiger charge is -2.59. The average Bonchev–Trinajstić information content (AvgIpc) is 1.03. The standard InChI is InChI=1S/C17H28O2.C16H26O3.C15H22O2.C14H20O3.C10H16O4.C8H10O4.2CH4/c1-5-16(2,3)15(18)19-17(4)13-7-11-6-12(9-13)10-14(17)8-11;1-4-14(2,3)13(17)19-16-8-11-5-12(9-16)7-15(18,6-11)10-16;1-9(2)14(16)17-15(3)12-5-10-4-11(7-12)8-13(15)6-10;1-9(2)12(15)17-14-6-10-3-11(7-14)5-13(16,4-10)8-14;1-4-10(2,3)9(12)14-7-5-6-13-8(7)11;1-5(2)7(9)12-6-3-4-11-8(6)10;;/h11-14H,5-10H2,1-4H3;11-12,18H,4-10H2,1-3H3;10-13H,1,4-8H2,2-3H3;10-11,16H,1,3-8H2,2H3;7H,4-6H2,1-3H3;6H,1,3-4H2,2H3;2*1H4. The smallest absolute Gasteiger partial charge is 0.347 e. The molecule has 2 heterocycles. The van der Waals surface area contributed by atoms with Gasteiger partial charge in [-0.15, -0.1) is 0 Å². The van der Waals surface area contributed by atoms with E-state index in [1.807, 2.05) is 41.5 Å². The number of carbonyl (C=O) groups is 8. The number of hydrogen-bond acceptors (Lipinski definition) is 18. The molecule has 2 saturated heterocycles. The minimum absolute atomic E-state index is 0. The second-order valence-electron chi connectivity index (χ2n) is 36.0. The van der Waals surface area contributed by atoms with Crippen LogP contribution in [0.15, 0.2) is 36.5 Å². The van der Waals surface area contributed by atoms with Gasteiger partial charge < -0.3 is 48.1 Å². The summed E-state index contributed by atoms with van der Waals surface area (Å²) in [6.45, 7) is 38.3. The maximum absolute atomic E-state index is 12.5. The lowest BCUT2D eigenvalue weighted by Crippen LogP contribution is -2.61. The minimum Gasteiger partial charge on any atom is -0.463 e. The Balaban J connectivity index is 0.000000169. The van der Waals surface area contributed by atoms with Gasteiger partial charge in [-0.3, -0.25) is 14.4 Å². The summed E-state index contributed by atoms with van der Waals surface area (Å²) in [5.74, 6) is 6.00. The Morgan fingerprint density at radius 2 is 0.710 bits per heavy atom. The van der Waals surface area contributed by atoms with Crippen molar-refractivity contribution in [3.8, 4) is 0 Å². The molecule has 2 N–H and O–H groups in total. The third kappa shape index (κ3) is 18.5. The first-order valence-electron chi connectivity index (χ1n) is 37.7. The average molecular weight is 1400 g/mol. The zero-order valence-corrected chi connectivity index (χ0v) is 62.1. The molecule has 0 aromatic rings. The third-order valence-electron chi connectivity index (χ3n) is 26.3. The maximum atomic E-state index is 12.5. The van der Waals surface area contributed by atoms with Crippen molar-refractivity contribution in [2.75, 3.05) is 13.2 Å². The van der Waals surface area contributed by atoms with E-state index in [2.05, 4.69) is 45.2 Å². The number of carbonyl (C=O) groups excluding carboxylic acids is 8. The monoisotopic (exact) mass is 1400 g/mol. The van der Waals surface area contributed by atoms with Crippen LogP contribution in [0.4, 0.5) is 0 Å². The van der Waals surface area contributed by atoms with Gasteiger partial charge in [-0.2, -0.15) is 0 Å². The van der Waals surface area contributed by atoms with Crippen LogP contribution in [-0.4, -0.2) is 117 Å². The van der Waals surface area contributed by atoms with E-state index in [1.165, 1.54) is 84.0 Å². The zero-order valence-electron chi connectivity index (χ0n) is 62.1. The van der Waals surface area contributed by atoms with Crippen molar-refractivity contribution in [3.05, 3.63) is 36.5 Å². The molecule has 16 aliphatic carbocycles. The first-order valence-corrected chi connectivity index (χ1v) is 37.7. The van der Waals surface area contributed by atoms with Crippen LogP contribution in [0, 0.1) is 87.3 Å². The van der Waals surface area contributed by atoms with Crippen LogP contribution in [-0.2, 0) is 76.3 Å². The molecular weight excluding hydrogens is 1270 g/mol. The van der Waals surface area contributed by atoms with E-state index in [0.29, 0.717) is 104 Å². The highest BCUT2D eigenvalue weighted by Crippen LogP contribution is 2.63. The van der Waals surface area contributed by atoms with Gasteiger partial charge >= 0.3 is 47.8 Å². The summed E-state index contributed by atoms with van der Waals surface area (Å²) in [5.41, 5.74) is -2.26. The number of esters is 8. The molecule has 100 heavy (non-hydrogen) atoms. The van der Waals surface area contributed by atoms with Gasteiger partial charge in [-0.1, -0.05) is 55.4 Å². The largest absolute Gasteiger partial charge is 0.463 e. The Morgan fingerprint density at radius 1 is 0.420 bits per heavy atom. The third-order valence-corrected chi connectivity index (χ3v) is 26.3. The fraction of sp³-hybridized carbons (Fsp3) is 0.829. The molecule has 6 atom stereocenters. The van der Waals surface area contributed by atoms with Gasteiger partial charge in [0.15, 0.2) is 0 Å². The highest BCUT2D eigenvalue weighted by atomic mass is 16.6. The Hall–Kier alpha value is -5.10. The fourth-order valence-electron chi connectivity index (χ4n) is 20.4. The summed E-state index contributed by atoms with van der Waals surface area (Å²) in [7, 11) is 0. The van der Waals surface area contributed by atoms with E-state index < -0.39 is 57.7 Å². The van der Waals surface area contributed by atoms with Crippen LogP contribution >= 0.6 is 0 Å². The number of ether oxygens (including phenoxy) is 8. The second kappa shape index (κ2) is 31.3. The molecule has 18 aliphatic rings. The molecular formula is C82H130O18. The molecule has 0 spiro atoms. The highest BCUT2D eigenvalue weighted by molar-refractivity contribution is 5.90. The SMILES string of the molecule is C.C.C=C(C)C(=O)OC1(C)C2CC3CC(C2)CC1C3.C=C(C)C(=O)OC12CC3CC(CC(O)(C3)C1)C2.C=C(C)C(=O)OC1CCOC1=O.CCC(C)(C)C(=O)OC1(C)C2CC3CC(C2)CC1C3.CCC(C)(C)C(=O)OC12CC3CC(CC(O)(C3)C1)C2.CCC(C)(C)C(=O)OC1CCOC1=O. The lowest BCUT2D eigenvalue weighted by molar-refractivity contribution is -0.225. The van der Waals surface area contributed by atoms with Crippen molar-refractivity contribution in [1.29, 1.82) is 0 Å². The molecule has 18 nitrogen and oxygen atoms in total. The molecule has 16 saturated carbocycles. The van der Waals surface area contributed by atoms with Crippen molar-refractivity contribution in [2.24, 2.45) is 87.3 Å². The van der Waals surface area contributed by atoms with Gasteiger partial charge in [0.2, 0.25) is 12.2 Å². The number of cyclic esters (lactones) is 2. The van der Waals surface area contributed by atoms with Crippen LogP contribution in [0.1, 0.15) is 285 Å². The molecule has 18 heteroatoms. The van der Waals surface area contributed by atoms with Crippen LogP contribution in [0.3, 0.4) is 0 Å². The molecule has 18 rings (SSSR count). The van der Waals surface area contributed by atoms with Gasteiger partial charge in [0.05, 0.1) is 40.7 Å². The van der Waals surface area contributed by atoms with E-state index in [4.69, 9.17) is 33.2 Å². The normalized spacial score (nSPS) is 38.5. The number of hydrogen-bond donors (Lipinski definition) is 2. The predicted molar refractivity (Wildman–Crippen MR) is 381 cm³/mol. The summed E-state index contributed by atoms with van der Waals surface area (Å²) in [4.78, 5) is 92.7. The van der Waals surface area contributed by atoms with E-state index in [0.717, 1.165) is 87.9 Å². The molecule has 0 radical (unpaired) electrons. The summed E-state index contributed by atoms with van der Waals surface area (Å²) >= 11 is 0. The first-order chi connectivity index (χ1) is 45.6. The number of aliphatic hydroxyl groups is 2. The van der Waals surface area contributed by atoms with E-state index in [-0.39, 0.29) is 72.5 Å². The van der Waals surface area contributed by atoms with Crippen LogP contribution < -0.4 is 0 Å². The first kappa shape index (κ1) is 82.2. The fourth-order valence-corrected chi connectivity index (χ4v) is 20.4. The summed E-state index contributed by atoms with van der Waals surface area (Å²) in [6, 6.07) is 0. The van der Waals surface area contributed by atoms with E-state index in [9.17, 15) is 48.6 Å². The Kier molecular flexibility index (Phi) is 25.7. The Morgan fingerprint density at radius 3 is 1.02 bits per heavy atom. The van der Waals surface area contributed by atoms with Crippen LogP contribution in [0.2, 0.25) is 0 Å². The Labute approximate surface area is 599 Å². The molecule has 0 amide bonds. The zero-order chi connectivity index (χ0) is 72.1. The molecule has 18 fully saturated rings.